The molecular weight excluding hydrogens is 486 g/mol. The van der Waals surface area contributed by atoms with Gasteiger partial charge in [0.05, 0.1) is 41.8 Å². The highest BCUT2D eigenvalue weighted by Crippen LogP contribution is 2.60. The molecule has 0 saturated heterocycles. The number of carbonyl (C=O) groups excluding carboxylic acids is 3. The van der Waals surface area contributed by atoms with Crippen molar-refractivity contribution in [2.75, 3.05) is 14.2 Å². The molecule has 0 aromatic heterocycles. The van der Waals surface area contributed by atoms with Gasteiger partial charge in [-0.2, -0.15) is 5.06 Å². The average molecular weight is 516 g/mol. The standard InChI is InChI=1S/C25H29N3O9/c1-9-11-7-6-10(8-28(4)37-5)16(29)12(11)17(30)13-15(9)24(3,35)22-23(2,27)18(31)14(21(26)34)20(33)25(22,36)19(13)32/h6-7,15,22,29-31,35-36H,1,8,27H2,2-5H3,(H2,26,34)/t15-,22-,23-,24+,25+/m1/s1. The molecule has 1 amide bonds. The number of aromatic hydroxyl groups is 1. The van der Waals surface area contributed by atoms with E-state index in [4.69, 9.17) is 16.3 Å². The van der Waals surface area contributed by atoms with Gasteiger partial charge in [0.2, 0.25) is 11.6 Å². The molecule has 5 atom stereocenters. The normalized spacial score (nSPS) is 33.5. The largest absolute Gasteiger partial charge is 0.509 e. The van der Waals surface area contributed by atoms with Gasteiger partial charge in [0.25, 0.3) is 5.91 Å². The van der Waals surface area contributed by atoms with Gasteiger partial charge in [-0.05, 0) is 25.0 Å². The Morgan fingerprint density at radius 1 is 1.16 bits per heavy atom. The van der Waals surface area contributed by atoms with E-state index in [0.29, 0.717) is 5.56 Å². The molecule has 1 fully saturated rings. The predicted octanol–water partition coefficient (Wildman–Crippen LogP) is -0.424. The van der Waals surface area contributed by atoms with Crippen LogP contribution in [0.1, 0.15) is 30.5 Å². The number of hydrogen-bond acceptors (Lipinski definition) is 11. The lowest BCUT2D eigenvalue weighted by molar-refractivity contribution is -0.189. The zero-order valence-corrected chi connectivity index (χ0v) is 20.7. The summed E-state index contributed by atoms with van der Waals surface area (Å²) < 4.78 is 0. The predicted molar refractivity (Wildman–Crippen MR) is 129 cm³/mol. The van der Waals surface area contributed by atoms with Crippen molar-refractivity contribution < 1.29 is 44.8 Å². The van der Waals surface area contributed by atoms with Crippen molar-refractivity contribution in [3.63, 3.8) is 0 Å². The highest BCUT2D eigenvalue weighted by molar-refractivity contribution is 6.33. The van der Waals surface area contributed by atoms with Crippen LogP contribution >= 0.6 is 0 Å². The van der Waals surface area contributed by atoms with Crippen molar-refractivity contribution >= 4 is 28.8 Å². The zero-order valence-electron chi connectivity index (χ0n) is 20.7. The minimum atomic E-state index is -3.19. The quantitative estimate of drug-likeness (QED) is 0.155. The number of aliphatic hydroxyl groups is 4. The number of carbonyl (C=O) groups is 3. The topological polar surface area (TPSA) is 217 Å². The molecule has 0 unspecified atom stereocenters. The second kappa shape index (κ2) is 7.97. The van der Waals surface area contributed by atoms with E-state index in [2.05, 4.69) is 6.58 Å². The summed E-state index contributed by atoms with van der Waals surface area (Å²) in [6.45, 7) is 6.37. The molecule has 0 radical (unpaired) electrons. The first-order chi connectivity index (χ1) is 17.0. The summed E-state index contributed by atoms with van der Waals surface area (Å²) in [5.74, 6) is -9.88. The molecule has 0 bridgehead atoms. The number of hydroxylamine groups is 2. The maximum absolute atomic E-state index is 13.9. The second-order valence-corrected chi connectivity index (χ2v) is 10.1. The number of rotatable bonds is 4. The maximum Gasteiger partial charge on any atom is 0.255 e. The lowest BCUT2D eigenvalue weighted by Gasteiger charge is -2.58. The Hall–Kier alpha value is -3.55. The van der Waals surface area contributed by atoms with Crippen LogP contribution in [0.25, 0.3) is 11.3 Å². The summed E-state index contributed by atoms with van der Waals surface area (Å²) in [7, 11) is 3.02. The van der Waals surface area contributed by atoms with E-state index in [1.54, 1.807) is 13.1 Å². The SMILES string of the molecule is C=C1c2ccc(CN(C)OC)c(O)c2C(O)=C2C(=O)[C@]3(O)C(=O)C(C(N)=O)=C(O)[C@@](C)(N)[C@@H]3[C@@](C)(O)[C@H]12. The highest BCUT2D eigenvalue weighted by Gasteiger charge is 2.74. The van der Waals surface area contributed by atoms with Crippen molar-refractivity contribution in [1.29, 1.82) is 0 Å². The third kappa shape index (κ3) is 3.17. The van der Waals surface area contributed by atoms with E-state index in [0.717, 1.165) is 6.92 Å². The molecule has 0 aliphatic heterocycles. The average Bonchev–Trinajstić information content (AvgIpc) is 2.79. The number of amides is 1. The van der Waals surface area contributed by atoms with Crippen LogP contribution in [-0.2, 0) is 25.8 Å². The molecule has 12 heteroatoms. The first kappa shape index (κ1) is 26.5. The van der Waals surface area contributed by atoms with Crippen LogP contribution in [-0.4, -0.2) is 79.0 Å². The van der Waals surface area contributed by atoms with Gasteiger partial charge in [-0.1, -0.05) is 18.7 Å². The smallest absolute Gasteiger partial charge is 0.255 e. The fourth-order valence-electron chi connectivity index (χ4n) is 6.19. The summed E-state index contributed by atoms with van der Waals surface area (Å²) in [5, 5.41) is 57.9. The molecule has 0 spiro atoms. The Kier molecular flexibility index (Phi) is 5.71. The minimum Gasteiger partial charge on any atom is -0.509 e. The molecular formula is C25H29N3O9. The first-order valence-electron chi connectivity index (χ1n) is 11.3. The number of hydrogen-bond donors (Lipinski definition) is 7. The van der Waals surface area contributed by atoms with Crippen LogP contribution < -0.4 is 11.5 Å². The van der Waals surface area contributed by atoms with Gasteiger partial charge >= 0.3 is 0 Å². The van der Waals surface area contributed by atoms with Crippen molar-refractivity contribution in [3.05, 3.63) is 52.3 Å². The van der Waals surface area contributed by atoms with E-state index in [-0.39, 0.29) is 23.2 Å². The van der Waals surface area contributed by atoms with Crippen LogP contribution in [0, 0.1) is 11.8 Å². The Bertz CT molecular complexity index is 1360. The van der Waals surface area contributed by atoms with E-state index in [1.807, 2.05) is 0 Å². The molecule has 198 valence electrons. The molecule has 1 aromatic rings. The van der Waals surface area contributed by atoms with E-state index < -0.39 is 74.5 Å². The summed E-state index contributed by atoms with van der Waals surface area (Å²) in [4.78, 5) is 44.3. The van der Waals surface area contributed by atoms with Gasteiger partial charge in [0.1, 0.15) is 22.8 Å². The monoisotopic (exact) mass is 515 g/mol. The van der Waals surface area contributed by atoms with E-state index >= 15 is 0 Å². The number of ketones is 2. The fourth-order valence-corrected chi connectivity index (χ4v) is 6.19. The summed E-state index contributed by atoms with van der Waals surface area (Å²) >= 11 is 0. The molecule has 3 aliphatic rings. The number of aliphatic hydroxyl groups excluding tert-OH is 2. The maximum atomic E-state index is 13.9. The van der Waals surface area contributed by atoms with Gasteiger partial charge < -0.3 is 41.8 Å². The molecule has 4 rings (SSSR count). The van der Waals surface area contributed by atoms with Crippen molar-refractivity contribution in [3.8, 4) is 5.75 Å². The van der Waals surface area contributed by atoms with Gasteiger partial charge in [-0.3, -0.25) is 14.4 Å². The van der Waals surface area contributed by atoms with Gasteiger partial charge in [-0.25, -0.2) is 0 Å². The lowest BCUT2D eigenvalue weighted by atomic mass is 9.47. The van der Waals surface area contributed by atoms with Gasteiger partial charge in [0.15, 0.2) is 5.60 Å². The summed E-state index contributed by atoms with van der Waals surface area (Å²) in [5.41, 5.74) is 2.56. The van der Waals surface area contributed by atoms with Crippen molar-refractivity contribution in [2.24, 2.45) is 23.3 Å². The molecule has 37 heavy (non-hydrogen) atoms. The number of phenolic OH excluding ortho intramolecular Hbond substituents is 1. The van der Waals surface area contributed by atoms with Crippen LogP contribution in [0.2, 0.25) is 0 Å². The molecule has 1 saturated carbocycles. The van der Waals surface area contributed by atoms with Crippen LogP contribution in [0.4, 0.5) is 0 Å². The molecule has 12 nitrogen and oxygen atoms in total. The Balaban J connectivity index is 2.05. The highest BCUT2D eigenvalue weighted by atomic mass is 16.7. The molecule has 9 N–H and O–H groups in total. The Labute approximate surface area is 211 Å². The van der Waals surface area contributed by atoms with Crippen LogP contribution in [0.5, 0.6) is 5.75 Å². The van der Waals surface area contributed by atoms with E-state index in [1.165, 1.54) is 25.2 Å². The third-order valence-corrected chi connectivity index (χ3v) is 7.78. The number of nitrogens with zero attached hydrogens (tertiary/aromatic N) is 1. The summed E-state index contributed by atoms with van der Waals surface area (Å²) in [6, 6.07) is 3.08. The molecule has 3 aliphatic carbocycles. The van der Waals surface area contributed by atoms with Crippen molar-refractivity contribution in [1.82, 2.24) is 5.06 Å². The molecule has 0 heterocycles. The third-order valence-electron chi connectivity index (χ3n) is 7.78. The second-order valence-electron chi connectivity index (χ2n) is 10.1. The van der Waals surface area contributed by atoms with Crippen LogP contribution in [0.3, 0.4) is 0 Å². The lowest BCUT2D eigenvalue weighted by Crippen LogP contribution is -2.78. The number of nitrogens with two attached hydrogens (primary N) is 2. The first-order valence-corrected chi connectivity index (χ1v) is 11.3. The van der Waals surface area contributed by atoms with Crippen LogP contribution in [0.15, 0.2) is 35.6 Å². The zero-order chi connectivity index (χ0) is 28.0. The number of phenols is 1. The van der Waals surface area contributed by atoms with Crippen molar-refractivity contribution in [2.45, 2.75) is 37.1 Å². The number of primary amides is 1. The van der Waals surface area contributed by atoms with Gasteiger partial charge in [0, 0.05) is 18.5 Å². The number of fused-ring (bicyclic) bond motifs is 3. The summed E-state index contributed by atoms with van der Waals surface area (Å²) in [6.07, 6.45) is 0. The Morgan fingerprint density at radius 2 is 1.76 bits per heavy atom. The van der Waals surface area contributed by atoms with Gasteiger partial charge in [-0.15, -0.1) is 0 Å². The molecule has 1 aromatic carbocycles. The number of Topliss-reactive ketones (excluding diaryl/α,β-unsaturated/α-hetero) is 2. The van der Waals surface area contributed by atoms with E-state index in [9.17, 15) is 39.9 Å². The Morgan fingerprint density at radius 3 is 2.30 bits per heavy atom. The number of benzene rings is 1. The minimum absolute atomic E-state index is 0.0811. The fraction of sp³-hybridized carbons (Fsp3) is 0.400.